The summed E-state index contributed by atoms with van der Waals surface area (Å²) in [6.07, 6.45) is 2.78. The summed E-state index contributed by atoms with van der Waals surface area (Å²) in [5.41, 5.74) is 2.63. The van der Waals surface area contributed by atoms with Crippen molar-refractivity contribution in [2.24, 2.45) is 5.92 Å². The van der Waals surface area contributed by atoms with Gasteiger partial charge in [-0.05, 0) is 51.0 Å². The molecule has 5 nitrogen and oxygen atoms in total. The third kappa shape index (κ3) is 4.66. The highest BCUT2D eigenvalue weighted by Crippen LogP contribution is 2.24. The number of aliphatic hydroxyl groups excluding tert-OH is 1. The molecule has 2 aromatic rings. The van der Waals surface area contributed by atoms with Crippen molar-refractivity contribution in [3.05, 3.63) is 69.1 Å². The molecule has 27 heavy (non-hydrogen) atoms. The molecule has 1 aromatic heterocycles. The number of aryl methyl sites for hydroxylation is 3. The largest absolute Gasteiger partial charge is 0.393 e. The fourth-order valence-corrected chi connectivity index (χ4v) is 3.95. The number of aromatic amines is 1. The van der Waals surface area contributed by atoms with E-state index < -0.39 is 0 Å². The van der Waals surface area contributed by atoms with Crippen LogP contribution in [0, 0.1) is 19.8 Å². The molecule has 0 aliphatic carbocycles. The highest BCUT2D eigenvalue weighted by molar-refractivity contribution is 5.95. The molecule has 1 aromatic carbocycles. The zero-order valence-corrected chi connectivity index (χ0v) is 16.1. The third-order valence-electron chi connectivity index (χ3n) is 5.51. The summed E-state index contributed by atoms with van der Waals surface area (Å²) in [6.45, 7) is 4.74. The van der Waals surface area contributed by atoms with Crippen LogP contribution < -0.4 is 5.43 Å². The molecule has 0 radical (unpaired) electrons. The quantitative estimate of drug-likeness (QED) is 0.852. The Morgan fingerprint density at radius 1 is 1.22 bits per heavy atom. The second kappa shape index (κ2) is 8.53. The number of pyridine rings is 1. The van der Waals surface area contributed by atoms with Crippen molar-refractivity contribution in [1.82, 2.24) is 9.88 Å². The van der Waals surface area contributed by atoms with Gasteiger partial charge in [-0.3, -0.25) is 9.59 Å². The first-order valence-electron chi connectivity index (χ1n) is 9.67. The number of aromatic nitrogens is 1. The van der Waals surface area contributed by atoms with Crippen LogP contribution in [0.2, 0.25) is 0 Å². The summed E-state index contributed by atoms with van der Waals surface area (Å²) < 4.78 is 0. The number of aliphatic hydroxyl groups is 1. The van der Waals surface area contributed by atoms with Gasteiger partial charge in [-0.15, -0.1) is 0 Å². The average molecular weight is 368 g/mol. The Kier molecular flexibility index (Phi) is 6.11. The van der Waals surface area contributed by atoms with E-state index in [2.05, 4.69) is 17.1 Å². The molecule has 0 saturated carbocycles. The molecular formula is C22H28N2O3. The summed E-state index contributed by atoms with van der Waals surface area (Å²) in [6, 6.07) is 11.7. The van der Waals surface area contributed by atoms with E-state index in [0.29, 0.717) is 18.8 Å². The lowest BCUT2D eigenvalue weighted by molar-refractivity contribution is 0.0435. The maximum Gasteiger partial charge on any atom is 0.259 e. The molecular weight excluding hydrogens is 340 g/mol. The number of hydrogen-bond acceptors (Lipinski definition) is 3. The number of carbonyl (C=O) groups excluding carboxylic acids is 1. The molecule has 144 valence electrons. The predicted molar refractivity (Wildman–Crippen MR) is 106 cm³/mol. The first kappa shape index (κ1) is 19.4. The number of likely N-dealkylation sites (tertiary alicyclic amines) is 1. The second-order valence-electron chi connectivity index (χ2n) is 7.54. The predicted octanol–water partition coefficient (Wildman–Crippen LogP) is 2.84. The molecule has 0 spiro atoms. The first-order chi connectivity index (χ1) is 13.0. The highest BCUT2D eigenvalue weighted by atomic mass is 16.3. The average Bonchev–Trinajstić information content (AvgIpc) is 2.66. The van der Waals surface area contributed by atoms with Gasteiger partial charge in [-0.2, -0.15) is 0 Å². The van der Waals surface area contributed by atoms with Gasteiger partial charge in [-0.1, -0.05) is 30.3 Å². The SMILES string of the molecule is Cc1cc(=O)c(C(=O)N2CCC([C@@H](O)CCc3ccccc3)CC2)c(C)[nH]1. The summed E-state index contributed by atoms with van der Waals surface area (Å²) in [7, 11) is 0. The number of piperidine rings is 1. The van der Waals surface area contributed by atoms with Gasteiger partial charge in [0.25, 0.3) is 5.91 Å². The molecule has 1 fully saturated rings. The van der Waals surface area contributed by atoms with Crippen LogP contribution >= 0.6 is 0 Å². The van der Waals surface area contributed by atoms with E-state index >= 15 is 0 Å². The van der Waals surface area contributed by atoms with E-state index in [1.54, 1.807) is 11.8 Å². The molecule has 5 heteroatoms. The van der Waals surface area contributed by atoms with Gasteiger partial charge < -0.3 is 15.0 Å². The Balaban J connectivity index is 1.55. The van der Waals surface area contributed by atoms with E-state index in [0.717, 1.165) is 31.4 Å². The minimum Gasteiger partial charge on any atom is -0.393 e. The van der Waals surface area contributed by atoms with Crippen molar-refractivity contribution in [2.75, 3.05) is 13.1 Å². The van der Waals surface area contributed by atoms with Gasteiger partial charge in [0.15, 0.2) is 5.43 Å². The third-order valence-corrected chi connectivity index (χ3v) is 5.51. The number of hydrogen-bond donors (Lipinski definition) is 2. The van der Waals surface area contributed by atoms with Crippen molar-refractivity contribution in [3.63, 3.8) is 0 Å². The summed E-state index contributed by atoms with van der Waals surface area (Å²) >= 11 is 0. The molecule has 1 atom stereocenters. The van der Waals surface area contributed by atoms with Gasteiger partial charge in [-0.25, -0.2) is 0 Å². The summed E-state index contributed by atoms with van der Waals surface area (Å²) in [4.78, 5) is 29.8. The van der Waals surface area contributed by atoms with E-state index in [4.69, 9.17) is 0 Å². The molecule has 2 heterocycles. The molecule has 1 amide bonds. The van der Waals surface area contributed by atoms with Crippen LogP contribution in [0.5, 0.6) is 0 Å². The number of rotatable bonds is 5. The van der Waals surface area contributed by atoms with Crippen molar-refractivity contribution in [1.29, 1.82) is 0 Å². The topological polar surface area (TPSA) is 73.4 Å². The highest BCUT2D eigenvalue weighted by Gasteiger charge is 2.29. The number of amides is 1. The maximum absolute atomic E-state index is 12.8. The minimum atomic E-state index is -0.355. The maximum atomic E-state index is 12.8. The van der Waals surface area contributed by atoms with Gasteiger partial charge >= 0.3 is 0 Å². The Morgan fingerprint density at radius 3 is 2.52 bits per heavy atom. The van der Waals surface area contributed by atoms with Crippen molar-refractivity contribution >= 4 is 5.91 Å². The van der Waals surface area contributed by atoms with Crippen molar-refractivity contribution in [2.45, 2.75) is 45.6 Å². The van der Waals surface area contributed by atoms with E-state index in [1.807, 2.05) is 25.1 Å². The van der Waals surface area contributed by atoms with E-state index in [9.17, 15) is 14.7 Å². The number of carbonyl (C=O) groups is 1. The Bertz CT molecular complexity index is 836. The molecule has 1 aliphatic heterocycles. The molecule has 1 aliphatic rings. The first-order valence-corrected chi connectivity index (χ1v) is 9.67. The number of nitrogens with one attached hydrogen (secondary N) is 1. The van der Waals surface area contributed by atoms with Gasteiger partial charge in [0.1, 0.15) is 5.56 Å². The van der Waals surface area contributed by atoms with Crippen LogP contribution in [0.1, 0.15) is 46.6 Å². The number of benzene rings is 1. The smallest absolute Gasteiger partial charge is 0.259 e. The monoisotopic (exact) mass is 368 g/mol. The Hall–Kier alpha value is -2.40. The zero-order chi connectivity index (χ0) is 19.4. The summed E-state index contributed by atoms with van der Waals surface area (Å²) in [5, 5.41) is 10.5. The lowest BCUT2D eigenvalue weighted by Crippen LogP contribution is -2.43. The van der Waals surface area contributed by atoms with Crippen LogP contribution in [0.4, 0.5) is 0 Å². The van der Waals surface area contributed by atoms with Crippen LogP contribution in [-0.2, 0) is 6.42 Å². The van der Waals surface area contributed by atoms with Crippen LogP contribution in [-0.4, -0.2) is 40.1 Å². The number of H-pyrrole nitrogens is 1. The number of nitrogens with zero attached hydrogens (tertiary/aromatic N) is 1. The molecule has 3 rings (SSSR count). The lowest BCUT2D eigenvalue weighted by Gasteiger charge is -2.34. The van der Waals surface area contributed by atoms with Gasteiger partial charge in [0.05, 0.1) is 6.10 Å². The molecule has 0 bridgehead atoms. The van der Waals surface area contributed by atoms with E-state index in [1.165, 1.54) is 11.6 Å². The molecule has 2 N–H and O–H groups in total. The molecule has 1 saturated heterocycles. The second-order valence-corrected chi connectivity index (χ2v) is 7.54. The van der Waals surface area contributed by atoms with Crippen LogP contribution in [0.3, 0.4) is 0 Å². The minimum absolute atomic E-state index is 0.203. The lowest BCUT2D eigenvalue weighted by atomic mass is 9.88. The van der Waals surface area contributed by atoms with E-state index in [-0.39, 0.29) is 28.9 Å². The van der Waals surface area contributed by atoms with Crippen molar-refractivity contribution < 1.29 is 9.90 Å². The normalized spacial score (nSPS) is 16.3. The summed E-state index contributed by atoms with van der Waals surface area (Å²) in [5.74, 6) is 0.00105. The fourth-order valence-electron chi connectivity index (χ4n) is 3.95. The standard InChI is InChI=1S/C22H28N2O3/c1-15-14-20(26)21(16(2)23-15)22(27)24-12-10-18(11-13-24)19(25)9-8-17-6-4-3-5-7-17/h3-7,14,18-19,25H,8-13H2,1-2H3,(H,23,26)/t19-/m0/s1. The Labute approximate surface area is 160 Å². The Morgan fingerprint density at radius 2 is 1.89 bits per heavy atom. The zero-order valence-electron chi connectivity index (χ0n) is 16.1. The van der Waals surface area contributed by atoms with Gasteiger partial charge in [0.2, 0.25) is 0 Å². The molecule has 0 unspecified atom stereocenters. The van der Waals surface area contributed by atoms with Gasteiger partial charge in [0, 0.05) is 30.5 Å². The van der Waals surface area contributed by atoms with Crippen LogP contribution in [0.15, 0.2) is 41.2 Å². The fraction of sp³-hybridized carbons (Fsp3) is 0.455. The van der Waals surface area contributed by atoms with Crippen LogP contribution in [0.25, 0.3) is 0 Å². The van der Waals surface area contributed by atoms with Crippen molar-refractivity contribution in [3.8, 4) is 0 Å².